The van der Waals surface area contributed by atoms with E-state index in [-0.39, 0.29) is 18.3 Å². The minimum atomic E-state index is 0. The van der Waals surface area contributed by atoms with Crippen LogP contribution in [0.2, 0.25) is 0 Å². The zero-order valence-electron chi connectivity index (χ0n) is 10.6. The minimum Gasteiger partial charge on any atom is -0.381 e. The van der Waals surface area contributed by atoms with Gasteiger partial charge in [0, 0.05) is 44.3 Å². The van der Waals surface area contributed by atoms with Gasteiger partial charge in [0.2, 0.25) is 5.91 Å². The lowest BCUT2D eigenvalue weighted by molar-refractivity contribution is -0.142. The van der Waals surface area contributed by atoms with Crippen LogP contribution < -0.4 is 5.32 Å². The summed E-state index contributed by atoms with van der Waals surface area (Å²) in [6.07, 6.45) is 1.79. The lowest BCUT2D eigenvalue weighted by Crippen LogP contribution is -2.57. The van der Waals surface area contributed by atoms with Crippen LogP contribution in [0, 0.1) is 5.92 Å². The average molecular weight is 263 g/mol. The minimum absolute atomic E-state index is 0. The highest BCUT2D eigenvalue weighted by Crippen LogP contribution is 2.20. The number of halogens is 1. The normalized spacial score (nSPS) is 30.8. The zero-order valence-corrected chi connectivity index (χ0v) is 11.5. The molecule has 0 aromatic rings. The SMILES string of the molecule is CC1CN(C(=O)C2CCOCC2)C(C)CN1.Cl. The number of piperazine rings is 1. The molecule has 2 fully saturated rings. The van der Waals surface area contributed by atoms with Crippen molar-refractivity contribution in [3.05, 3.63) is 0 Å². The van der Waals surface area contributed by atoms with Crippen LogP contribution >= 0.6 is 12.4 Å². The summed E-state index contributed by atoms with van der Waals surface area (Å²) in [5.41, 5.74) is 0. The van der Waals surface area contributed by atoms with Crippen LogP contribution in [0.15, 0.2) is 0 Å². The molecule has 2 heterocycles. The Morgan fingerprint density at radius 3 is 2.59 bits per heavy atom. The van der Waals surface area contributed by atoms with Crippen molar-refractivity contribution >= 4 is 18.3 Å². The predicted octanol–water partition coefficient (Wildman–Crippen LogP) is 1.04. The maximum Gasteiger partial charge on any atom is 0.226 e. The molecule has 1 N–H and O–H groups in total. The molecule has 100 valence electrons. The fraction of sp³-hybridized carbons (Fsp3) is 0.917. The molecule has 1 amide bonds. The number of carbonyl (C=O) groups excluding carboxylic acids is 1. The van der Waals surface area contributed by atoms with E-state index in [4.69, 9.17) is 4.74 Å². The Hall–Kier alpha value is -0.320. The summed E-state index contributed by atoms with van der Waals surface area (Å²) in [6.45, 7) is 7.50. The predicted molar refractivity (Wildman–Crippen MR) is 69.4 cm³/mol. The number of nitrogens with one attached hydrogen (secondary N) is 1. The molecule has 2 rings (SSSR count). The van der Waals surface area contributed by atoms with Crippen molar-refractivity contribution in [2.24, 2.45) is 5.92 Å². The maximum absolute atomic E-state index is 12.4. The first-order valence-electron chi connectivity index (χ1n) is 6.30. The van der Waals surface area contributed by atoms with E-state index >= 15 is 0 Å². The Morgan fingerprint density at radius 2 is 1.94 bits per heavy atom. The molecule has 2 unspecified atom stereocenters. The van der Waals surface area contributed by atoms with E-state index in [0.29, 0.717) is 18.0 Å². The van der Waals surface area contributed by atoms with Gasteiger partial charge in [-0.25, -0.2) is 0 Å². The van der Waals surface area contributed by atoms with Gasteiger partial charge in [-0.15, -0.1) is 12.4 Å². The summed E-state index contributed by atoms with van der Waals surface area (Å²) >= 11 is 0. The zero-order chi connectivity index (χ0) is 11.5. The first kappa shape index (κ1) is 14.7. The van der Waals surface area contributed by atoms with Gasteiger partial charge in [-0.05, 0) is 26.7 Å². The highest BCUT2D eigenvalue weighted by Gasteiger charge is 2.32. The molecule has 0 aromatic carbocycles. The Labute approximate surface area is 109 Å². The van der Waals surface area contributed by atoms with E-state index in [9.17, 15) is 4.79 Å². The van der Waals surface area contributed by atoms with Gasteiger partial charge in [-0.1, -0.05) is 0 Å². The highest BCUT2D eigenvalue weighted by atomic mass is 35.5. The van der Waals surface area contributed by atoms with Crippen LogP contribution in [0.4, 0.5) is 0 Å². The Balaban J connectivity index is 0.00000144. The lowest BCUT2D eigenvalue weighted by atomic mass is 9.97. The van der Waals surface area contributed by atoms with Crippen LogP contribution in [-0.4, -0.2) is 49.2 Å². The molecule has 0 spiro atoms. The lowest BCUT2D eigenvalue weighted by Gasteiger charge is -2.40. The van der Waals surface area contributed by atoms with Crippen molar-refractivity contribution in [3.63, 3.8) is 0 Å². The first-order chi connectivity index (χ1) is 7.68. The van der Waals surface area contributed by atoms with Gasteiger partial charge < -0.3 is 15.0 Å². The van der Waals surface area contributed by atoms with Gasteiger partial charge in [0.25, 0.3) is 0 Å². The molecule has 2 atom stereocenters. The maximum atomic E-state index is 12.4. The van der Waals surface area contributed by atoms with Crippen molar-refractivity contribution in [1.82, 2.24) is 10.2 Å². The smallest absolute Gasteiger partial charge is 0.226 e. The van der Waals surface area contributed by atoms with Crippen molar-refractivity contribution in [1.29, 1.82) is 0 Å². The van der Waals surface area contributed by atoms with Crippen LogP contribution in [0.1, 0.15) is 26.7 Å². The Bertz CT molecular complexity index is 257. The molecule has 2 aliphatic heterocycles. The summed E-state index contributed by atoms with van der Waals surface area (Å²) < 4.78 is 5.30. The summed E-state index contributed by atoms with van der Waals surface area (Å²) in [5.74, 6) is 0.533. The number of hydrogen-bond donors (Lipinski definition) is 1. The Kier molecular flexibility index (Phi) is 5.70. The molecular formula is C12H23ClN2O2. The van der Waals surface area contributed by atoms with E-state index < -0.39 is 0 Å². The third-order valence-electron chi connectivity index (χ3n) is 3.62. The largest absolute Gasteiger partial charge is 0.381 e. The molecule has 17 heavy (non-hydrogen) atoms. The molecule has 2 saturated heterocycles. The highest BCUT2D eigenvalue weighted by molar-refractivity contribution is 5.85. The van der Waals surface area contributed by atoms with E-state index in [0.717, 1.165) is 39.1 Å². The second-order valence-corrected chi connectivity index (χ2v) is 5.04. The topological polar surface area (TPSA) is 41.6 Å². The van der Waals surface area contributed by atoms with Crippen LogP contribution in [0.5, 0.6) is 0 Å². The number of hydrogen-bond acceptors (Lipinski definition) is 3. The molecule has 2 aliphatic rings. The molecule has 0 radical (unpaired) electrons. The summed E-state index contributed by atoms with van der Waals surface area (Å²) in [4.78, 5) is 14.4. The molecule has 5 heteroatoms. The molecule has 0 bridgehead atoms. The van der Waals surface area contributed by atoms with Gasteiger partial charge in [0.05, 0.1) is 0 Å². The molecule has 0 saturated carbocycles. The van der Waals surface area contributed by atoms with Crippen molar-refractivity contribution in [3.8, 4) is 0 Å². The van der Waals surface area contributed by atoms with Gasteiger partial charge in [0.1, 0.15) is 0 Å². The second kappa shape index (κ2) is 6.57. The molecule has 4 nitrogen and oxygen atoms in total. The average Bonchev–Trinajstić information content (AvgIpc) is 2.32. The van der Waals surface area contributed by atoms with Crippen molar-refractivity contribution < 1.29 is 9.53 Å². The number of ether oxygens (including phenoxy) is 1. The number of nitrogens with zero attached hydrogens (tertiary/aromatic N) is 1. The second-order valence-electron chi connectivity index (χ2n) is 5.04. The van der Waals surface area contributed by atoms with Crippen LogP contribution in [0.25, 0.3) is 0 Å². The number of carbonyl (C=O) groups is 1. The van der Waals surface area contributed by atoms with E-state index in [1.54, 1.807) is 0 Å². The van der Waals surface area contributed by atoms with E-state index in [1.165, 1.54) is 0 Å². The summed E-state index contributed by atoms with van der Waals surface area (Å²) in [5, 5.41) is 3.40. The summed E-state index contributed by atoms with van der Waals surface area (Å²) in [7, 11) is 0. The molecular weight excluding hydrogens is 240 g/mol. The molecule has 0 aromatic heterocycles. The molecule has 0 aliphatic carbocycles. The monoisotopic (exact) mass is 262 g/mol. The van der Waals surface area contributed by atoms with Gasteiger partial charge in [-0.3, -0.25) is 4.79 Å². The van der Waals surface area contributed by atoms with E-state index in [1.807, 2.05) is 0 Å². The van der Waals surface area contributed by atoms with Gasteiger partial charge in [-0.2, -0.15) is 0 Å². The third kappa shape index (κ3) is 3.57. The van der Waals surface area contributed by atoms with Crippen LogP contribution in [0.3, 0.4) is 0 Å². The standard InChI is InChI=1S/C12H22N2O2.ClH/c1-9-8-14(10(2)7-13-9)12(15)11-3-5-16-6-4-11;/h9-11,13H,3-8H2,1-2H3;1H. The van der Waals surface area contributed by atoms with E-state index in [2.05, 4.69) is 24.1 Å². The van der Waals surface area contributed by atoms with Crippen molar-refractivity contribution in [2.45, 2.75) is 38.8 Å². The van der Waals surface area contributed by atoms with Crippen LogP contribution in [-0.2, 0) is 9.53 Å². The summed E-state index contributed by atoms with van der Waals surface area (Å²) in [6, 6.07) is 0.742. The fourth-order valence-corrected chi connectivity index (χ4v) is 2.51. The van der Waals surface area contributed by atoms with Crippen molar-refractivity contribution in [2.75, 3.05) is 26.3 Å². The first-order valence-corrected chi connectivity index (χ1v) is 6.30. The Morgan fingerprint density at radius 1 is 1.29 bits per heavy atom. The van der Waals surface area contributed by atoms with Gasteiger partial charge >= 0.3 is 0 Å². The van der Waals surface area contributed by atoms with Gasteiger partial charge in [0.15, 0.2) is 0 Å². The fourth-order valence-electron chi connectivity index (χ4n) is 2.51. The number of rotatable bonds is 1. The third-order valence-corrected chi connectivity index (χ3v) is 3.62. The number of amides is 1. The quantitative estimate of drug-likeness (QED) is 0.768.